The third-order valence-electron chi connectivity index (χ3n) is 6.37. The van der Waals surface area contributed by atoms with E-state index in [2.05, 4.69) is 5.32 Å². The largest absolute Gasteiger partial charge is 0.352 e. The molecule has 0 spiro atoms. The molecule has 1 heterocycles. The van der Waals surface area contributed by atoms with Crippen LogP contribution in [-0.4, -0.2) is 43.8 Å². The monoisotopic (exact) mass is 561 g/mol. The topological polar surface area (TPSA) is 86.8 Å². The molecule has 1 atom stereocenters. The van der Waals surface area contributed by atoms with Gasteiger partial charge in [-0.1, -0.05) is 53.5 Å². The molecule has 196 valence electrons. The number of benzene rings is 3. The molecular weight excluding hydrogens is 533 g/mol. The van der Waals surface area contributed by atoms with E-state index in [-0.39, 0.29) is 42.3 Å². The second-order valence-corrected chi connectivity index (χ2v) is 12.1. The van der Waals surface area contributed by atoms with Gasteiger partial charge in [-0.15, -0.1) is 0 Å². The Morgan fingerprint density at radius 3 is 2.38 bits per heavy atom. The molecule has 2 amide bonds. The van der Waals surface area contributed by atoms with Crippen LogP contribution in [0.4, 0.5) is 5.69 Å². The van der Waals surface area contributed by atoms with Crippen LogP contribution in [0.1, 0.15) is 39.2 Å². The minimum Gasteiger partial charge on any atom is -0.352 e. The predicted octanol–water partition coefficient (Wildman–Crippen LogP) is 5.38. The molecule has 1 aliphatic rings. The summed E-state index contributed by atoms with van der Waals surface area (Å²) in [5, 5.41) is 5.17. The number of rotatable bonds is 9. The highest BCUT2D eigenvalue weighted by Gasteiger charge is 2.35. The highest BCUT2D eigenvalue weighted by atomic mass is 35.5. The number of halogens is 2. The van der Waals surface area contributed by atoms with Crippen LogP contribution in [0.15, 0.2) is 59.5 Å². The molecular formula is C27H29Cl2N3O4S. The normalized spacial score (nSPS) is 14.7. The molecule has 7 nitrogen and oxygen atoms in total. The van der Waals surface area contributed by atoms with Gasteiger partial charge in [0.2, 0.25) is 11.8 Å². The number of sulfonamides is 1. The van der Waals surface area contributed by atoms with E-state index in [9.17, 15) is 18.0 Å². The summed E-state index contributed by atoms with van der Waals surface area (Å²) in [6.07, 6.45) is 0.359. The Bertz CT molecular complexity index is 1450. The van der Waals surface area contributed by atoms with Crippen molar-refractivity contribution >= 4 is 61.5 Å². The Morgan fingerprint density at radius 2 is 1.70 bits per heavy atom. The fourth-order valence-corrected chi connectivity index (χ4v) is 6.61. The van der Waals surface area contributed by atoms with Gasteiger partial charge < -0.3 is 10.2 Å². The van der Waals surface area contributed by atoms with Crippen LogP contribution < -0.4 is 9.62 Å². The van der Waals surface area contributed by atoms with Crippen molar-refractivity contribution in [2.75, 3.05) is 10.8 Å². The quantitative estimate of drug-likeness (QED) is 0.380. The average molecular weight is 563 g/mol. The zero-order valence-corrected chi connectivity index (χ0v) is 23.2. The third-order valence-corrected chi connectivity index (χ3v) is 8.96. The molecule has 0 bridgehead atoms. The highest BCUT2D eigenvalue weighted by Crippen LogP contribution is 2.42. The van der Waals surface area contributed by atoms with Crippen LogP contribution in [0.2, 0.25) is 10.0 Å². The maximum atomic E-state index is 13.4. The smallest absolute Gasteiger partial charge is 0.265 e. The van der Waals surface area contributed by atoms with E-state index in [1.807, 2.05) is 32.0 Å². The van der Waals surface area contributed by atoms with Gasteiger partial charge in [0, 0.05) is 30.9 Å². The lowest BCUT2D eigenvalue weighted by Gasteiger charge is -2.30. The summed E-state index contributed by atoms with van der Waals surface area (Å²) in [5.41, 5.74) is 1.36. The fourth-order valence-electron chi connectivity index (χ4n) is 4.54. The number of carbonyl (C=O) groups excluding carboxylic acids is 2. The maximum absolute atomic E-state index is 13.4. The first-order valence-electron chi connectivity index (χ1n) is 12.1. The van der Waals surface area contributed by atoms with Crippen molar-refractivity contribution in [2.24, 2.45) is 0 Å². The molecule has 0 fully saturated rings. The molecule has 3 aromatic rings. The lowest BCUT2D eigenvalue weighted by molar-refractivity contribution is -0.140. The Morgan fingerprint density at radius 1 is 1.00 bits per heavy atom. The van der Waals surface area contributed by atoms with Crippen molar-refractivity contribution in [3.05, 3.63) is 70.2 Å². The first-order chi connectivity index (χ1) is 17.5. The summed E-state index contributed by atoms with van der Waals surface area (Å²) >= 11 is 12.2. The van der Waals surface area contributed by atoms with Crippen molar-refractivity contribution in [2.45, 2.75) is 57.1 Å². The van der Waals surface area contributed by atoms with E-state index in [0.29, 0.717) is 27.5 Å². The second-order valence-electron chi connectivity index (χ2n) is 9.42. The minimum atomic E-state index is -3.70. The van der Waals surface area contributed by atoms with Crippen LogP contribution in [0, 0.1) is 0 Å². The zero-order chi connectivity index (χ0) is 26.9. The maximum Gasteiger partial charge on any atom is 0.265 e. The lowest BCUT2D eigenvalue weighted by atomic mass is 10.1. The summed E-state index contributed by atoms with van der Waals surface area (Å²) in [6.45, 7) is 5.69. The average Bonchev–Trinajstić information content (AvgIpc) is 3.07. The number of anilines is 1. The van der Waals surface area contributed by atoms with Crippen molar-refractivity contribution in [3.8, 4) is 0 Å². The Balaban J connectivity index is 1.51. The lowest BCUT2D eigenvalue weighted by Crippen LogP contribution is -2.49. The Labute approximate surface area is 227 Å². The van der Waals surface area contributed by atoms with Gasteiger partial charge in [0.25, 0.3) is 10.0 Å². The number of nitrogens with zero attached hydrogens (tertiary/aromatic N) is 2. The van der Waals surface area contributed by atoms with Crippen LogP contribution >= 0.6 is 23.2 Å². The van der Waals surface area contributed by atoms with Crippen molar-refractivity contribution < 1.29 is 18.0 Å². The zero-order valence-electron chi connectivity index (χ0n) is 20.9. The fraction of sp³-hybridized carbons (Fsp3) is 0.333. The molecule has 1 aliphatic heterocycles. The number of hydrogen-bond donors (Lipinski definition) is 1. The molecule has 0 unspecified atom stereocenters. The molecule has 10 heteroatoms. The first kappa shape index (κ1) is 27.2. The van der Waals surface area contributed by atoms with E-state index in [1.165, 1.54) is 9.21 Å². The molecule has 37 heavy (non-hydrogen) atoms. The number of nitrogens with one attached hydrogen (secondary N) is 1. The molecule has 3 aromatic carbocycles. The summed E-state index contributed by atoms with van der Waals surface area (Å²) < 4.78 is 27.8. The first-order valence-corrected chi connectivity index (χ1v) is 14.3. The van der Waals surface area contributed by atoms with E-state index in [4.69, 9.17) is 23.2 Å². The molecule has 0 aliphatic carbocycles. The van der Waals surface area contributed by atoms with Crippen LogP contribution in [0.25, 0.3) is 10.8 Å². The highest BCUT2D eigenvalue weighted by molar-refractivity contribution is 7.93. The SMILES string of the molecule is CC(C)NC(=O)[C@@H](C)N(Cc1ccc(Cl)c(Cl)c1)C(=O)CCCN1c2cccc3cccc(c23)S1(=O)=O. The van der Waals surface area contributed by atoms with Crippen LogP contribution in [0.3, 0.4) is 0 Å². The van der Waals surface area contributed by atoms with E-state index >= 15 is 0 Å². The molecule has 0 saturated carbocycles. The van der Waals surface area contributed by atoms with Crippen molar-refractivity contribution in [3.63, 3.8) is 0 Å². The van der Waals surface area contributed by atoms with Gasteiger partial charge >= 0.3 is 0 Å². The van der Waals surface area contributed by atoms with Gasteiger partial charge in [-0.2, -0.15) is 0 Å². The summed E-state index contributed by atoms with van der Waals surface area (Å²) in [5.74, 6) is -0.530. The van der Waals surface area contributed by atoms with Gasteiger partial charge in [-0.3, -0.25) is 13.9 Å². The summed E-state index contributed by atoms with van der Waals surface area (Å²) in [7, 11) is -3.70. The van der Waals surface area contributed by atoms with Crippen molar-refractivity contribution in [1.29, 1.82) is 0 Å². The number of hydrogen-bond acceptors (Lipinski definition) is 4. The van der Waals surface area contributed by atoms with Gasteiger partial charge in [0.1, 0.15) is 6.04 Å². The molecule has 0 saturated heterocycles. The molecule has 4 rings (SSSR count). The van der Waals surface area contributed by atoms with Crippen molar-refractivity contribution in [1.82, 2.24) is 10.2 Å². The summed E-state index contributed by atoms with van der Waals surface area (Å²) in [4.78, 5) is 27.9. The minimum absolute atomic E-state index is 0.0684. The molecule has 0 aromatic heterocycles. The van der Waals surface area contributed by atoms with Crippen LogP contribution in [-0.2, 0) is 26.2 Å². The summed E-state index contributed by atoms with van der Waals surface area (Å²) in [6, 6.07) is 15.0. The van der Waals surface area contributed by atoms with E-state index in [1.54, 1.807) is 43.3 Å². The van der Waals surface area contributed by atoms with Crippen LogP contribution in [0.5, 0.6) is 0 Å². The Kier molecular flexibility index (Phi) is 8.02. The van der Waals surface area contributed by atoms with Gasteiger partial charge in [-0.05, 0) is 62.4 Å². The number of amides is 2. The second kappa shape index (κ2) is 10.9. The Hall–Kier alpha value is -2.81. The predicted molar refractivity (Wildman–Crippen MR) is 147 cm³/mol. The molecule has 0 radical (unpaired) electrons. The molecule has 1 N–H and O–H groups in total. The van der Waals surface area contributed by atoms with Gasteiger partial charge in [0.15, 0.2) is 0 Å². The van der Waals surface area contributed by atoms with E-state index < -0.39 is 16.1 Å². The van der Waals surface area contributed by atoms with E-state index in [0.717, 1.165) is 10.9 Å². The third kappa shape index (κ3) is 5.56. The van der Waals surface area contributed by atoms with Gasteiger partial charge in [-0.25, -0.2) is 8.42 Å². The number of carbonyl (C=O) groups is 2. The van der Waals surface area contributed by atoms with Gasteiger partial charge in [0.05, 0.1) is 20.6 Å². The standard InChI is InChI=1S/C27H29Cl2N3O4S/c1-17(2)30-27(34)18(3)31(16-19-12-13-21(28)22(29)15-19)25(33)11-6-14-32-23-9-4-7-20-8-5-10-24(26(20)23)37(32,35)36/h4-5,7-10,12-13,15,17-18H,6,11,14,16H2,1-3H3,(H,30,34)/t18-/m1/s1.